The third kappa shape index (κ3) is 6.59. The summed E-state index contributed by atoms with van der Waals surface area (Å²) in [6.07, 6.45) is 1.11. The van der Waals surface area contributed by atoms with Crippen LogP contribution in [0.5, 0.6) is 11.5 Å². The van der Waals surface area contributed by atoms with Crippen molar-refractivity contribution in [1.29, 1.82) is 0 Å². The van der Waals surface area contributed by atoms with Crippen molar-refractivity contribution in [2.24, 2.45) is 0 Å². The van der Waals surface area contributed by atoms with Gasteiger partial charge in [0, 0.05) is 12.1 Å². The lowest BCUT2D eigenvalue weighted by Crippen LogP contribution is -2.42. The second-order valence-corrected chi connectivity index (χ2v) is 5.64. The lowest BCUT2D eigenvalue weighted by molar-refractivity contribution is 0.0982. The molecule has 0 radical (unpaired) electrons. The third-order valence-corrected chi connectivity index (χ3v) is 2.51. The fourth-order valence-electron chi connectivity index (χ4n) is 1.51. The standard InChI is InChI=1S/C16H25NO3/c1-5-10-19-14-8-6-7-9-15(14)20-12-13(18)11-17-16(2,3)4/h5-9,13,17-18H,1,10-12H2,2-4H3/t13-/m1/s1. The number of benzene rings is 1. The van der Waals surface area contributed by atoms with E-state index in [0.29, 0.717) is 24.7 Å². The molecule has 1 rings (SSSR count). The van der Waals surface area contributed by atoms with E-state index in [4.69, 9.17) is 9.47 Å². The maximum atomic E-state index is 9.90. The van der Waals surface area contributed by atoms with E-state index in [-0.39, 0.29) is 12.1 Å². The lowest BCUT2D eigenvalue weighted by Gasteiger charge is -2.23. The molecular weight excluding hydrogens is 254 g/mol. The molecule has 2 N–H and O–H groups in total. The van der Waals surface area contributed by atoms with Crippen LogP contribution < -0.4 is 14.8 Å². The third-order valence-electron chi connectivity index (χ3n) is 2.51. The second kappa shape index (κ2) is 7.92. The molecule has 0 saturated heterocycles. The highest BCUT2D eigenvalue weighted by Crippen LogP contribution is 2.26. The molecule has 0 aromatic heterocycles. The van der Waals surface area contributed by atoms with Crippen molar-refractivity contribution in [3.8, 4) is 11.5 Å². The fourth-order valence-corrected chi connectivity index (χ4v) is 1.51. The van der Waals surface area contributed by atoms with Crippen molar-refractivity contribution in [1.82, 2.24) is 5.32 Å². The molecule has 1 atom stereocenters. The molecular formula is C16H25NO3. The Hall–Kier alpha value is -1.52. The average Bonchev–Trinajstić information content (AvgIpc) is 2.40. The Balaban J connectivity index is 2.46. The molecule has 0 unspecified atom stereocenters. The Morgan fingerprint density at radius 2 is 1.85 bits per heavy atom. The van der Waals surface area contributed by atoms with Crippen LogP contribution in [0.1, 0.15) is 20.8 Å². The van der Waals surface area contributed by atoms with E-state index in [1.54, 1.807) is 6.08 Å². The average molecular weight is 279 g/mol. The van der Waals surface area contributed by atoms with E-state index in [2.05, 4.69) is 32.7 Å². The first-order valence-electron chi connectivity index (χ1n) is 6.81. The molecule has 1 aromatic carbocycles. The maximum absolute atomic E-state index is 9.90. The van der Waals surface area contributed by atoms with Gasteiger partial charge in [-0.15, -0.1) is 0 Å². The molecule has 1 aromatic rings. The quantitative estimate of drug-likeness (QED) is 0.717. The predicted octanol–water partition coefficient (Wildman–Crippen LogP) is 2.38. The largest absolute Gasteiger partial charge is 0.487 e. The van der Waals surface area contributed by atoms with Crippen LogP contribution >= 0.6 is 0 Å². The van der Waals surface area contributed by atoms with Crippen LogP contribution in [0, 0.1) is 0 Å². The van der Waals surface area contributed by atoms with Crippen LogP contribution in [-0.4, -0.2) is 36.5 Å². The molecule has 0 aliphatic carbocycles. The lowest BCUT2D eigenvalue weighted by atomic mass is 10.1. The summed E-state index contributed by atoms with van der Waals surface area (Å²) in [6.45, 7) is 10.9. The van der Waals surface area contributed by atoms with Crippen LogP contribution in [0.2, 0.25) is 0 Å². The van der Waals surface area contributed by atoms with Gasteiger partial charge in [-0.2, -0.15) is 0 Å². The summed E-state index contributed by atoms with van der Waals surface area (Å²) in [6, 6.07) is 7.40. The van der Waals surface area contributed by atoms with Gasteiger partial charge in [-0.1, -0.05) is 24.8 Å². The first-order chi connectivity index (χ1) is 9.42. The Kier molecular flexibility index (Phi) is 6.55. The minimum absolute atomic E-state index is 0.0219. The summed E-state index contributed by atoms with van der Waals surface area (Å²) in [5, 5.41) is 13.1. The maximum Gasteiger partial charge on any atom is 0.161 e. The summed E-state index contributed by atoms with van der Waals surface area (Å²) in [5.74, 6) is 1.28. The highest BCUT2D eigenvalue weighted by atomic mass is 16.5. The van der Waals surface area contributed by atoms with E-state index in [0.717, 1.165) is 0 Å². The van der Waals surface area contributed by atoms with Gasteiger partial charge in [0.15, 0.2) is 11.5 Å². The van der Waals surface area contributed by atoms with Crippen molar-refractivity contribution in [2.75, 3.05) is 19.8 Å². The number of hydrogen-bond acceptors (Lipinski definition) is 4. The molecule has 112 valence electrons. The van der Waals surface area contributed by atoms with Gasteiger partial charge in [0.2, 0.25) is 0 Å². The molecule has 0 amide bonds. The highest BCUT2D eigenvalue weighted by Gasteiger charge is 2.13. The van der Waals surface area contributed by atoms with Crippen LogP contribution in [0.4, 0.5) is 0 Å². The van der Waals surface area contributed by atoms with Gasteiger partial charge in [0.25, 0.3) is 0 Å². The van der Waals surface area contributed by atoms with E-state index in [1.807, 2.05) is 24.3 Å². The smallest absolute Gasteiger partial charge is 0.161 e. The number of aliphatic hydroxyl groups excluding tert-OH is 1. The van der Waals surface area contributed by atoms with Gasteiger partial charge < -0.3 is 19.9 Å². The zero-order valence-electron chi connectivity index (χ0n) is 12.6. The van der Waals surface area contributed by atoms with Gasteiger partial charge in [0.05, 0.1) is 0 Å². The van der Waals surface area contributed by atoms with Gasteiger partial charge in [-0.05, 0) is 32.9 Å². The van der Waals surface area contributed by atoms with Crippen molar-refractivity contribution < 1.29 is 14.6 Å². The fraction of sp³-hybridized carbons (Fsp3) is 0.500. The normalized spacial score (nSPS) is 12.8. The summed E-state index contributed by atoms with van der Waals surface area (Å²) >= 11 is 0. The van der Waals surface area contributed by atoms with Crippen LogP contribution in [0.15, 0.2) is 36.9 Å². The zero-order valence-corrected chi connectivity index (χ0v) is 12.6. The Morgan fingerprint density at radius 3 is 2.40 bits per heavy atom. The summed E-state index contributed by atoms with van der Waals surface area (Å²) in [7, 11) is 0. The molecule has 0 aliphatic rings. The molecule has 0 fully saturated rings. The molecule has 0 heterocycles. The van der Waals surface area contributed by atoms with Gasteiger partial charge in [0.1, 0.15) is 19.3 Å². The number of rotatable bonds is 8. The molecule has 4 nitrogen and oxygen atoms in total. The minimum Gasteiger partial charge on any atom is -0.487 e. The van der Waals surface area contributed by atoms with E-state index < -0.39 is 6.10 Å². The van der Waals surface area contributed by atoms with E-state index >= 15 is 0 Å². The van der Waals surface area contributed by atoms with Crippen LogP contribution in [-0.2, 0) is 0 Å². The number of hydrogen-bond donors (Lipinski definition) is 2. The molecule has 0 spiro atoms. The van der Waals surface area contributed by atoms with Crippen molar-refractivity contribution in [2.45, 2.75) is 32.4 Å². The topological polar surface area (TPSA) is 50.7 Å². The molecule has 20 heavy (non-hydrogen) atoms. The zero-order chi connectivity index (χ0) is 15.0. The van der Waals surface area contributed by atoms with Gasteiger partial charge in [-0.3, -0.25) is 0 Å². The summed E-state index contributed by atoms with van der Waals surface area (Å²) in [4.78, 5) is 0. The number of ether oxygens (including phenoxy) is 2. The Morgan fingerprint density at radius 1 is 1.25 bits per heavy atom. The molecule has 0 saturated carbocycles. The van der Waals surface area contributed by atoms with Crippen LogP contribution in [0.3, 0.4) is 0 Å². The summed E-state index contributed by atoms with van der Waals surface area (Å²) in [5.41, 5.74) is -0.0219. The number of nitrogens with one attached hydrogen (secondary N) is 1. The highest BCUT2D eigenvalue weighted by molar-refractivity contribution is 5.39. The number of aliphatic hydroxyl groups is 1. The van der Waals surface area contributed by atoms with Crippen molar-refractivity contribution >= 4 is 0 Å². The molecule has 0 aliphatic heterocycles. The van der Waals surface area contributed by atoms with Crippen molar-refractivity contribution in [3.05, 3.63) is 36.9 Å². The second-order valence-electron chi connectivity index (χ2n) is 5.64. The van der Waals surface area contributed by atoms with Gasteiger partial charge >= 0.3 is 0 Å². The van der Waals surface area contributed by atoms with E-state index in [1.165, 1.54) is 0 Å². The number of β-amino-alcohol motifs (C(OH)–C–C–N with tert-alkyl or cyclic N) is 1. The molecule has 4 heteroatoms. The SMILES string of the molecule is C=CCOc1ccccc1OC[C@H](O)CNC(C)(C)C. The first kappa shape index (κ1) is 16.5. The monoisotopic (exact) mass is 279 g/mol. The first-order valence-corrected chi connectivity index (χ1v) is 6.81. The Labute approximate surface area is 121 Å². The van der Waals surface area contributed by atoms with E-state index in [9.17, 15) is 5.11 Å². The summed E-state index contributed by atoms with van der Waals surface area (Å²) < 4.78 is 11.1. The van der Waals surface area contributed by atoms with Gasteiger partial charge in [-0.25, -0.2) is 0 Å². The molecule has 0 bridgehead atoms. The minimum atomic E-state index is -0.568. The predicted molar refractivity (Wildman–Crippen MR) is 81.4 cm³/mol. The Bertz CT molecular complexity index is 412. The van der Waals surface area contributed by atoms with Crippen LogP contribution in [0.25, 0.3) is 0 Å². The van der Waals surface area contributed by atoms with Crippen molar-refractivity contribution in [3.63, 3.8) is 0 Å². The number of para-hydroxylation sites is 2.